The Hall–Kier alpha value is -1.84. The first-order chi connectivity index (χ1) is 11.2. The highest BCUT2D eigenvalue weighted by atomic mass is 35.5. The molecule has 0 aliphatic heterocycles. The number of carbonyl (C=O) groups excluding carboxylic acids is 1. The molecule has 23 heavy (non-hydrogen) atoms. The number of fused-ring (bicyclic) bond motifs is 1. The molecule has 0 fully saturated rings. The van der Waals surface area contributed by atoms with Gasteiger partial charge in [0.1, 0.15) is 0 Å². The van der Waals surface area contributed by atoms with Crippen molar-refractivity contribution >= 4 is 17.5 Å². The number of hydrogen-bond acceptors (Lipinski definition) is 2. The second kappa shape index (κ2) is 7.16. The Labute approximate surface area is 141 Å². The fourth-order valence-corrected chi connectivity index (χ4v) is 3.25. The monoisotopic (exact) mass is 328 g/mol. The van der Waals surface area contributed by atoms with Gasteiger partial charge in [0.05, 0.1) is 0 Å². The maximum Gasteiger partial charge on any atom is 0.251 e. The zero-order chi connectivity index (χ0) is 16.2. The first kappa shape index (κ1) is 16.0. The highest BCUT2D eigenvalue weighted by molar-refractivity contribution is 6.30. The zero-order valence-corrected chi connectivity index (χ0v) is 13.8. The van der Waals surface area contributed by atoms with Crippen molar-refractivity contribution < 1.29 is 4.79 Å². The molecular formula is C19H21ClN2O. The normalized spacial score (nSPS) is 13.5. The van der Waals surface area contributed by atoms with E-state index in [9.17, 15) is 4.79 Å². The van der Waals surface area contributed by atoms with Crippen molar-refractivity contribution in [2.24, 2.45) is 5.73 Å². The second-order valence-electron chi connectivity index (χ2n) is 5.93. The van der Waals surface area contributed by atoms with Crippen molar-refractivity contribution in [3.05, 3.63) is 58.1 Å². The molecule has 4 heteroatoms. The van der Waals surface area contributed by atoms with Crippen LogP contribution in [0.15, 0.2) is 36.4 Å². The number of rotatable bonds is 4. The number of benzene rings is 2. The average molecular weight is 329 g/mol. The zero-order valence-electron chi connectivity index (χ0n) is 13.1. The molecule has 0 bridgehead atoms. The average Bonchev–Trinajstić information content (AvgIpc) is 2.59. The standard InChI is InChI=1S/C19H21ClN2O/c20-16-7-5-13(6-8-16)17-11-14-3-1-2-4-15(14)12-18(17)19(23)22-10-9-21/h5-8,11-12H,1-4,9-10,21H2,(H,22,23). The van der Waals surface area contributed by atoms with Gasteiger partial charge >= 0.3 is 0 Å². The first-order valence-corrected chi connectivity index (χ1v) is 8.47. The van der Waals surface area contributed by atoms with Crippen LogP contribution >= 0.6 is 11.6 Å². The van der Waals surface area contributed by atoms with Crippen LogP contribution in [-0.2, 0) is 12.8 Å². The predicted molar refractivity (Wildman–Crippen MR) is 94.9 cm³/mol. The van der Waals surface area contributed by atoms with E-state index in [2.05, 4.69) is 17.4 Å². The third kappa shape index (κ3) is 3.57. The fourth-order valence-electron chi connectivity index (χ4n) is 3.12. The first-order valence-electron chi connectivity index (χ1n) is 8.09. The smallest absolute Gasteiger partial charge is 0.251 e. The highest BCUT2D eigenvalue weighted by Gasteiger charge is 2.18. The summed E-state index contributed by atoms with van der Waals surface area (Å²) in [4.78, 5) is 12.6. The molecule has 2 aromatic rings. The molecule has 3 rings (SSSR count). The molecule has 120 valence electrons. The molecule has 0 aromatic heterocycles. The summed E-state index contributed by atoms with van der Waals surface area (Å²) in [5, 5.41) is 3.58. The van der Waals surface area contributed by atoms with Crippen LogP contribution in [0.1, 0.15) is 34.3 Å². The lowest BCUT2D eigenvalue weighted by Gasteiger charge is -2.20. The van der Waals surface area contributed by atoms with Crippen molar-refractivity contribution in [2.45, 2.75) is 25.7 Å². The minimum absolute atomic E-state index is 0.0613. The van der Waals surface area contributed by atoms with E-state index in [4.69, 9.17) is 17.3 Å². The summed E-state index contributed by atoms with van der Waals surface area (Å²) in [7, 11) is 0. The van der Waals surface area contributed by atoms with Crippen LogP contribution in [0.3, 0.4) is 0 Å². The highest BCUT2D eigenvalue weighted by Crippen LogP contribution is 2.31. The van der Waals surface area contributed by atoms with Gasteiger partial charge in [-0.25, -0.2) is 0 Å². The van der Waals surface area contributed by atoms with Crippen molar-refractivity contribution in [1.82, 2.24) is 5.32 Å². The molecule has 0 saturated carbocycles. The van der Waals surface area contributed by atoms with E-state index in [1.807, 2.05) is 24.3 Å². The number of nitrogens with two attached hydrogens (primary N) is 1. The van der Waals surface area contributed by atoms with Gasteiger partial charge in [0.2, 0.25) is 0 Å². The summed E-state index contributed by atoms with van der Waals surface area (Å²) < 4.78 is 0. The van der Waals surface area contributed by atoms with Crippen LogP contribution in [0.25, 0.3) is 11.1 Å². The Balaban J connectivity index is 2.07. The van der Waals surface area contributed by atoms with Crippen molar-refractivity contribution in [1.29, 1.82) is 0 Å². The van der Waals surface area contributed by atoms with Crippen molar-refractivity contribution in [3.8, 4) is 11.1 Å². The van der Waals surface area contributed by atoms with E-state index in [1.54, 1.807) is 0 Å². The van der Waals surface area contributed by atoms with E-state index >= 15 is 0 Å². The van der Waals surface area contributed by atoms with Gasteiger partial charge in [-0.15, -0.1) is 0 Å². The molecule has 1 amide bonds. The van der Waals surface area contributed by atoms with Crippen molar-refractivity contribution in [2.75, 3.05) is 13.1 Å². The Morgan fingerprint density at radius 1 is 1.09 bits per heavy atom. The Kier molecular flexibility index (Phi) is 4.99. The van der Waals surface area contributed by atoms with Crippen LogP contribution in [0.5, 0.6) is 0 Å². The molecule has 0 saturated heterocycles. The third-order valence-corrected chi connectivity index (χ3v) is 4.56. The number of aryl methyl sites for hydroxylation is 2. The summed E-state index contributed by atoms with van der Waals surface area (Å²) in [6.45, 7) is 0.920. The molecule has 3 nitrogen and oxygen atoms in total. The third-order valence-electron chi connectivity index (χ3n) is 4.31. The van der Waals surface area contributed by atoms with Gasteiger partial charge in [0.25, 0.3) is 5.91 Å². The SMILES string of the molecule is NCCNC(=O)c1cc2c(cc1-c1ccc(Cl)cc1)CCCC2. The van der Waals surface area contributed by atoms with E-state index < -0.39 is 0 Å². The number of nitrogens with one attached hydrogen (secondary N) is 1. The summed E-state index contributed by atoms with van der Waals surface area (Å²) in [5.74, 6) is -0.0613. The summed E-state index contributed by atoms with van der Waals surface area (Å²) in [6.07, 6.45) is 4.54. The largest absolute Gasteiger partial charge is 0.351 e. The number of carbonyl (C=O) groups is 1. The predicted octanol–water partition coefficient (Wildman–Crippen LogP) is 3.57. The molecule has 0 heterocycles. The Morgan fingerprint density at radius 3 is 2.39 bits per heavy atom. The summed E-state index contributed by atoms with van der Waals surface area (Å²) in [6, 6.07) is 11.9. The van der Waals surface area contributed by atoms with Gasteiger partial charge in [0, 0.05) is 23.7 Å². The van der Waals surface area contributed by atoms with Gasteiger partial charge in [-0.1, -0.05) is 29.8 Å². The van der Waals surface area contributed by atoms with E-state index in [0.29, 0.717) is 18.1 Å². The van der Waals surface area contributed by atoms with Gasteiger partial charge in [0.15, 0.2) is 0 Å². The van der Waals surface area contributed by atoms with Crippen LogP contribution in [0.2, 0.25) is 5.02 Å². The van der Waals surface area contributed by atoms with E-state index in [0.717, 1.165) is 29.5 Å². The van der Waals surface area contributed by atoms with Crippen LogP contribution in [0.4, 0.5) is 0 Å². The minimum Gasteiger partial charge on any atom is -0.351 e. The molecule has 0 atom stereocenters. The van der Waals surface area contributed by atoms with Gasteiger partial charge in [-0.3, -0.25) is 4.79 Å². The van der Waals surface area contributed by atoms with Gasteiger partial charge < -0.3 is 11.1 Å². The molecule has 2 aromatic carbocycles. The molecule has 0 spiro atoms. The lowest BCUT2D eigenvalue weighted by atomic mass is 9.86. The number of amides is 1. The molecule has 0 unspecified atom stereocenters. The van der Waals surface area contributed by atoms with Crippen LogP contribution < -0.4 is 11.1 Å². The number of halogens is 1. The molecule has 1 aliphatic carbocycles. The van der Waals surface area contributed by atoms with E-state index in [-0.39, 0.29) is 5.91 Å². The molecule has 0 radical (unpaired) electrons. The lowest BCUT2D eigenvalue weighted by molar-refractivity contribution is 0.0955. The second-order valence-corrected chi connectivity index (χ2v) is 6.36. The molecule has 3 N–H and O–H groups in total. The Bertz CT molecular complexity index is 710. The van der Waals surface area contributed by atoms with Crippen LogP contribution in [0, 0.1) is 0 Å². The topological polar surface area (TPSA) is 55.1 Å². The van der Waals surface area contributed by atoms with E-state index in [1.165, 1.54) is 24.0 Å². The summed E-state index contributed by atoms with van der Waals surface area (Å²) in [5.41, 5.74) is 10.9. The fraction of sp³-hybridized carbons (Fsp3) is 0.316. The van der Waals surface area contributed by atoms with Gasteiger partial charge in [-0.2, -0.15) is 0 Å². The molecule has 1 aliphatic rings. The maximum atomic E-state index is 12.6. The van der Waals surface area contributed by atoms with Crippen LogP contribution in [-0.4, -0.2) is 19.0 Å². The quantitative estimate of drug-likeness (QED) is 0.901. The maximum absolute atomic E-state index is 12.6. The lowest BCUT2D eigenvalue weighted by Crippen LogP contribution is -2.29. The van der Waals surface area contributed by atoms with Crippen molar-refractivity contribution in [3.63, 3.8) is 0 Å². The Morgan fingerprint density at radius 2 is 1.74 bits per heavy atom. The van der Waals surface area contributed by atoms with Gasteiger partial charge in [-0.05, 0) is 66.1 Å². The number of hydrogen-bond donors (Lipinski definition) is 2. The molecular weight excluding hydrogens is 308 g/mol. The minimum atomic E-state index is -0.0613. The summed E-state index contributed by atoms with van der Waals surface area (Å²) >= 11 is 5.99.